The fourth-order valence-electron chi connectivity index (χ4n) is 2.64. The highest BCUT2D eigenvalue weighted by Gasteiger charge is 2.25. The number of nitrogens with one attached hydrogen (secondary N) is 1. The molecule has 1 aromatic heterocycles. The Hall–Kier alpha value is -2.83. The van der Waals surface area contributed by atoms with Gasteiger partial charge in [0.05, 0.1) is 13.7 Å². The normalized spacial score (nSPS) is 17.2. The van der Waals surface area contributed by atoms with Crippen LogP contribution in [0.1, 0.15) is 12.8 Å². The number of nitrogens with zero attached hydrogens (tertiary/aromatic N) is 3. The second kappa shape index (κ2) is 7.63. The average Bonchev–Trinajstić information content (AvgIpc) is 2.63. The summed E-state index contributed by atoms with van der Waals surface area (Å²) in [7, 11) is 1.60. The Morgan fingerprint density at radius 3 is 3.08 bits per heavy atom. The van der Waals surface area contributed by atoms with Gasteiger partial charge < -0.3 is 19.7 Å². The van der Waals surface area contributed by atoms with Crippen molar-refractivity contribution in [3.8, 4) is 11.6 Å². The third kappa shape index (κ3) is 4.13. The molecule has 1 fully saturated rings. The topological polar surface area (TPSA) is 76.6 Å². The van der Waals surface area contributed by atoms with E-state index in [1.54, 1.807) is 30.3 Å². The molecule has 24 heavy (non-hydrogen) atoms. The molecule has 3 rings (SSSR count). The van der Waals surface area contributed by atoms with Gasteiger partial charge >= 0.3 is 6.03 Å². The van der Waals surface area contributed by atoms with Crippen LogP contribution in [0.15, 0.2) is 42.9 Å². The number of carbonyl (C=O) groups excluding carboxylic acids is 1. The number of piperidine rings is 1. The van der Waals surface area contributed by atoms with Crippen molar-refractivity contribution >= 4 is 11.7 Å². The van der Waals surface area contributed by atoms with Crippen molar-refractivity contribution in [2.45, 2.75) is 18.9 Å². The first-order valence-electron chi connectivity index (χ1n) is 7.87. The van der Waals surface area contributed by atoms with Crippen LogP contribution in [0.2, 0.25) is 0 Å². The molecule has 1 saturated heterocycles. The van der Waals surface area contributed by atoms with Crippen LogP contribution in [0.25, 0.3) is 0 Å². The Labute approximate surface area is 140 Å². The number of amides is 2. The first-order valence-corrected chi connectivity index (χ1v) is 7.87. The van der Waals surface area contributed by atoms with Crippen molar-refractivity contribution in [3.63, 3.8) is 0 Å². The molecule has 0 radical (unpaired) electrons. The van der Waals surface area contributed by atoms with Gasteiger partial charge in [0.15, 0.2) is 0 Å². The molecule has 0 spiro atoms. The van der Waals surface area contributed by atoms with Crippen molar-refractivity contribution in [2.75, 3.05) is 25.5 Å². The lowest BCUT2D eigenvalue weighted by molar-refractivity contribution is 0.102. The molecule has 0 aliphatic carbocycles. The first-order chi connectivity index (χ1) is 11.7. The van der Waals surface area contributed by atoms with E-state index >= 15 is 0 Å². The molecule has 7 heteroatoms. The van der Waals surface area contributed by atoms with Crippen LogP contribution in [0.3, 0.4) is 0 Å². The molecule has 7 nitrogen and oxygen atoms in total. The van der Waals surface area contributed by atoms with Crippen molar-refractivity contribution < 1.29 is 14.3 Å². The van der Waals surface area contributed by atoms with Gasteiger partial charge in [-0.2, -0.15) is 0 Å². The molecule has 2 aromatic rings. The van der Waals surface area contributed by atoms with E-state index < -0.39 is 0 Å². The van der Waals surface area contributed by atoms with E-state index in [0.29, 0.717) is 30.4 Å². The first kappa shape index (κ1) is 16.0. The summed E-state index contributed by atoms with van der Waals surface area (Å²) >= 11 is 0. The molecule has 1 N–H and O–H groups in total. The summed E-state index contributed by atoms with van der Waals surface area (Å²) in [5, 5.41) is 2.90. The number of hydrogen-bond donors (Lipinski definition) is 1. The molecule has 0 bridgehead atoms. The van der Waals surface area contributed by atoms with Crippen LogP contribution in [-0.2, 0) is 0 Å². The zero-order chi connectivity index (χ0) is 16.8. The predicted molar refractivity (Wildman–Crippen MR) is 89.3 cm³/mol. The van der Waals surface area contributed by atoms with Crippen LogP contribution in [0.5, 0.6) is 11.6 Å². The summed E-state index contributed by atoms with van der Waals surface area (Å²) in [6.07, 6.45) is 4.81. The number of aromatic nitrogens is 2. The Morgan fingerprint density at radius 1 is 1.38 bits per heavy atom. The zero-order valence-corrected chi connectivity index (χ0v) is 13.5. The zero-order valence-electron chi connectivity index (χ0n) is 13.5. The molecule has 1 aliphatic heterocycles. The molecule has 0 saturated carbocycles. The number of likely N-dealkylation sites (tertiary alicyclic amines) is 1. The summed E-state index contributed by atoms with van der Waals surface area (Å²) in [4.78, 5) is 22.1. The molecule has 1 aromatic carbocycles. The van der Waals surface area contributed by atoms with Crippen molar-refractivity contribution in [1.82, 2.24) is 14.9 Å². The monoisotopic (exact) mass is 328 g/mol. The summed E-state index contributed by atoms with van der Waals surface area (Å²) in [5.74, 6) is 1.24. The number of rotatable bonds is 4. The number of ether oxygens (including phenoxy) is 2. The van der Waals surface area contributed by atoms with Gasteiger partial charge in [-0.15, -0.1) is 0 Å². The number of methoxy groups -OCH3 is 1. The van der Waals surface area contributed by atoms with Gasteiger partial charge in [0.25, 0.3) is 0 Å². The maximum atomic E-state index is 12.5. The van der Waals surface area contributed by atoms with Crippen LogP contribution in [-0.4, -0.2) is 47.2 Å². The van der Waals surface area contributed by atoms with E-state index in [1.165, 1.54) is 6.33 Å². The fraction of sp³-hybridized carbons (Fsp3) is 0.353. The third-order valence-corrected chi connectivity index (χ3v) is 3.83. The number of hydrogen-bond acceptors (Lipinski definition) is 5. The van der Waals surface area contributed by atoms with E-state index in [0.717, 1.165) is 12.8 Å². The minimum absolute atomic E-state index is 0.0651. The van der Waals surface area contributed by atoms with Crippen molar-refractivity contribution in [2.24, 2.45) is 0 Å². The van der Waals surface area contributed by atoms with Gasteiger partial charge in [-0.3, -0.25) is 0 Å². The van der Waals surface area contributed by atoms with E-state index in [9.17, 15) is 4.79 Å². The lowest BCUT2D eigenvalue weighted by Gasteiger charge is -2.32. The van der Waals surface area contributed by atoms with Crippen LogP contribution < -0.4 is 14.8 Å². The summed E-state index contributed by atoms with van der Waals surface area (Å²) in [6.45, 7) is 1.24. The Balaban J connectivity index is 1.58. The number of benzene rings is 1. The second-order valence-corrected chi connectivity index (χ2v) is 5.54. The van der Waals surface area contributed by atoms with Crippen LogP contribution in [0.4, 0.5) is 10.5 Å². The number of urea groups is 1. The lowest BCUT2D eigenvalue weighted by atomic mass is 10.1. The SMILES string of the molecule is COc1cccc(NC(=O)N2CCCC(Oc3ccncn3)C2)c1. The highest BCUT2D eigenvalue weighted by molar-refractivity contribution is 5.89. The van der Waals surface area contributed by atoms with Gasteiger partial charge in [0.2, 0.25) is 5.88 Å². The maximum absolute atomic E-state index is 12.5. The smallest absolute Gasteiger partial charge is 0.321 e. The quantitative estimate of drug-likeness (QED) is 0.933. The molecule has 2 heterocycles. The van der Waals surface area contributed by atoms with Gasteiger partial charge in [0.1, 0.15) is 18.2 Å². The fourth-order valence-corrected chi connectivity index (χ4v) is 2.64. The Bertz CT molecular complexity index is 681. The second-order valence-electron chi connectivity index (χ2n) is 5.54. The van der Waals surface area contributed by atoms with Gasteiger partial charge in [-0.1, -0.05) is 6.07 Å². The largest absolute Gasteiger partial charge is 0.497 e. The van der Waals surface area contributed by atoms with Gasteiger partial charge in [-0.05, 0) is 25.0 Å². The maximum Gasteiger partial charge on any atom is 0.321 e. The van der Waals surface area contributed by atoms with E-state index in [1.807, 2.05) is 18.2 Å². The van der Waals surface area contributed by atoms with E-state index in [-0.39, 0.29) is 12.1 Å². The van der Waals surface area contributed by atoms with Crippen molar-refractivity contribution in [3.05, 3.63) is 42.9 Å². The highest BCUT2D eigenvalue weighted by atomic mass is 16.5. The van der Waals surface area contributed by atoms with E-state index in [4.69, 9.17) is 9.47 Å². The predicted octanol–water partition coefficient (Wildman–Crippen LogP) is 2.56. The van der Waals surface area contributed by atoms with Gasteiger partial charge in [-0.25, -0.2) is 14.8 Å². The van der Waals surface area contributed by atoms with Crippen LogP contribution in [0, 0.1) is 0 Å². The Morgan fingerprint density at radius 2 is 2.29 bits per heavy atom. The molecule has 1 aliphatic rings. The number of carbonyl (C=O) groups is 1. The number of anilines is 1. The molecule has 1 atom stereocenters. The summed E-state index contributed by atoms with van der Waals surface area (Å²) in [5.41, 5.74) is 0.707. The minimum atomic E-state index is -0.140. The van der Waals surface area contributed by atoms with Crippen molar-refractivity contribution in [1.29, 1.82) is 0 Å². The van der Waals surface area contributed by atoms with Crippen LogP contribution >= 0.6 is 0 Å². The van der Waals surface area contributed by atoms with Gasteiger partial charge in [0, 0.05) is 30.6 Å². The van der Waals surface area contributed by atoms with E-state index in [2.05, 4.69) is 15.3 Å². The highest BCUT2D eigenvalue weighted by Crippen LogP contribution is 2.19. The lowest BCUT2D eigenvalue weighted by Crippen LogP contribution is -2.46. The standard InChI is InChI=1S/C17H20N4O3/c1-23-14-5-2-4-13(10-14)20-17(22)21-9-3-6-15(11-21)24-16-7-8-18-12-19-16/h2,4-5,7-8,10,12,15H,3,6,9,11H2,1H3,(H,20,22). The molecular weight excluding hydrogens is 308 g/mol. The Kier molecular flexibility index (Phi) is 5.10. The average molecular weight is 328 g/mol. The minimum Gasteiger partial charge on any atom is -0.497 e. The molecule has 2 amide bonds. The molecular formula is C17H20N4O3. The molecule has 126 valence electrons. The third-order valence-electron chi connectivity index (χ3n) is 3.83. The molecule has 1 unspecified atom stereocenters. The summed E-state index contributed by atoms with van der Waals surface area (Å²) in [6, 6.07) is 8.87. The summed E-state index contributed by atoms with van der Waals surface area (Å²) < 4.78 is 11.0.